The number of thioether (sulfide) groups is 1. The minimum Gasteiger partial charge on any atom is -0.480 e. The van der Waals surface area contributed by atoms with Crippen molar-refractivity contribution in [3.63, 3.8) is 0 Å². The zero-order valence-corrected chi connectivity index (χ0v) is 13.9. The van der Waals surface area contributed by atoms with Crippen molar-refractivity contribution in [3.05, 3.63) is 24.4 Å². The van der Waals surface area contributed by atoms with Gasteiger partial charge in [0.2, 0.25) is 5.91 Å². The van der Waals surface area contributed by atoms with Crippen LogP contribution >= 0.6 is 11.8 Å². The van der Waals surface area contributed by atoms with Crippen LogP contribution in [0, 0.1) is 0 Å². The Hall–Kier alpha value is -1.61. The number of carboxylic acid groups (broad SMARTS) is 1. The van der Waals surface area contributed by atoms with Crippen LogP contribution in [0.1, 0.15) is 13.3 Å². The molecule has 0 aromatic carbocycles. The Kier molecular flexibility index (Phi) is 6.82. The largest absolute Gasteiger partial charge is 0.480 e. The van der Waals surface area contributed by atoms with E-state index in [0.29, 0.717) is 5.03 Å². The van der Waals surface area contributed by atoms with Gasteiger partial charge in [-0.05, 0) is 25.5 Å². The summed E-state index contributed by atoms with van der Waals surface area (Å²) in [6.45, 7) is 1.63. The Morgan fingerprint density at radius 2 is 2.09 bits per heavy atom. The van der Waals surface area contributed by atoms with E-state index < -0.39 is 33.0 Å². The molecule has 7 nitrogen and oxygen atoms in total. The normalized spacial score (nSPS) is 14.1. The maximum absolute atomic E-state index is 12.0. The molecule has 9 heteroatoms. The summed E-state index contributed by atoms with van der Waals surface area (Å²) in [7, 11) is -3.29. The van der Waals surface area contributed by atoms with E-state index in [1.54, 1.807) is 31.3 Å². The third-order valence-electron chi connectivity index (χ3n) is 2.70. The van der Waals surface area contributed by atoms with E-state index in [1.165, 1.54) is 11.8 Å². The molecule has 1 aromatic rings. The smallest absolute Gasteiger partial charge is 0.326 e. The van der Waals surface area contributed by atoms with Gasteiger partial charge in [-0.2, -0.15) is 0 Å². The molecule has 0 saturated carbocycles. The molecule has 0 aliphatic carbocycles. The number of carboxylic acids is 1. The van der Waals surface area contributed by atoms with Crippen LogP contribution in [0.2, 0.25) is 0 Å². The summed E-state index contributed by atoms with van der Waals surface area (Å²) in [5, 5.41) is 11.5. The first kappa shape index (κ1) is 18.4. The molecule has 0 aliphatic heterocycles. The minimum absolute atomic E-state index is 0.166. The molecule has 0 saturated heterocycles. The number of carbonyl (C=O) groups excluding carboxylic acids is 1. The number of pyridine rings is 1. The zero-order chi connectivity index (χ0) is 16.8. The van der Waals surface area contributed by atoms with Crippen LogP contribution in [-0.4, -0.2) is 53.7 Å². The number of nitrogens with one attached hydrogen (secondary N) is 1. The Labute approximate surface area is 133 Å². The summed E-state index contributed by atoms with van der Waals surface area (Å²) < 4.78 is 22.2. The molecule has 0 bridgehead atoms. The second-order valence-electron chi connectivity index (χ2n) is 4.75. The molecule has 2 atom stereocenters. The van der Waals surface area contributed by atoms with Crippen molar-refractivity contribution in [2.75, 3.05) is 12.0 Å². The highest BCUT2D eigenvalue weighted by Gasteiger charge is 2.24. The van der Waals surface area contributed by atoms with E-state index in [9.17, 15) is 18.0 Å². The molecule has 1 amide bonds. The summed E-state index contributed by atoms with van der Waals surface area (Å²) in [5.41, 5.74) is 0. The average molecular weight is 346 g/mol. The van der Waals surface area contributed by atoms with Crippen LogP contribution in [0.4, 0.5) is 0 Å². The number of aliphatic carboxylic acids is 1. The lowest BCUT2D eigenvalue weighted by Crippen LogP contribution is -2.44. The Bertz CT molecular complexity index is 619. The van der Waals surface area contributed by atoms with Crippen molar-refractivity contribution < 1.29 is 23.1 Å². The molecule has 1 heterocycles. The van der Waals surface area contributed by atoms with Crippen LogP contribution in [-0.2, 0) is 19.4 Å². The number of amides is 1. The first-order valence-electron chi connectivity index (χ1n) is 6.47. The summed E-state index contributed by atoms with van der Waals surface area (Å²) in [4.78, 5) is 27.2. The van der Waals surface area contributed by atoms with Crippen molar-refractivity contribution >= 4 is 33.5 Å². The van der Waals surface area contributed by atoms with Gasteiger partial charge in [0.25, 0.3) is 0 Å². The number of sulfone groups is 1. The van der Waals surface area contributed by atoms with Crippen LogP contribution < -0.4 is 5.32 Å². The number of carbonyl (C=O) groups is 2. The van der Waals surface area contributed by atoms with Gasteiger partial charge in [0, 0.05) is 12.5 Å². The maximum atomic E-state index is 12.0. The van der Waals surface area contributed by atoms with Crippen LogP contribution in [0.25, 0.3) is 0 Å². The fourth-order valence-electron chi connectivity index (χ4n) is 1.53. The number of hydrogen-bond acceptors (Lipinski definition) is 6. The second-order valence-corrected chi connectivity index (χ2v) is 8.37. The molecule has 1 aromatic heterocycles. The number of hydrogen-bond donors (Lipinski definition) is 2. The fourth-order valence-corrected chi connectivity index (χ4v) is 3.01. The third-order valence-corrected chi connectivity index (χ3v) is 4.72. The highest BCUT2D eigenvalue weighted by atomic mass is 32.2. The summed E-state index contributed by atoms with van der Waals surface area (Å²) >= 11 is 1.19. The lowest BCUT2D eigenvalue weighted by atomic mass is 10.2. The molecule has 0 spiro atoms. The van der Waals surface area contributed by atoms with Crippen molar-refractivity contribution in [2.45, 2.75) is 29.7 Å². The van der Waals surface area contributed by atoms with Gasteiger partial charge >= 0.3 is 5.97 Å². The molecule has 1 rings (SSSR count). The first-order valence-corrected chi connectivity index (χ1v) is 9.41. The summed E-state index contributed by atoms with van der Waals surface area (Å²) in [5.74, 6) is -2.03. The quantitative estimate of drug-likeness (QED) is 0.661. The van der Waals surface area contributed by atoms with Gasteiger partial charge < -0.3 is 10.4 Å². The highest BCUT2D eigenvalue weighted by Crippen LogP contribution is 2.20. The lowest BCUT2D eigenvalue weighted by Gasteiger charge is -2.17. The van der Waals surface area contributed by atoms with Crippen molar-refractivity contribution in [1.29, 1.82) is 0 Å². The molecule has 0 radical (unpaired) electrons. The molecule has 122 valence electrons. The van der Waals surface area contributed by atoms with Gasteiger partial charge in [-0.25, -0.2) is 18.2 Å². The van der Waals surface area contributed by atoms with E-state index in [0.717, 1.165) is 6.26 Å². The topological polar surface area (TPSA) is 113 Å². The lowest BCUT2D eigenvalue weighted by molar-refractivity contribution is -0.141. The summed E-state index contributed by atoms with van der Waals surface area (Å²) in [6, 6.07) is 4.05. The molecule has 0 aliphatic rings. The van der Waals surface area contributed by atoms with Gasteiger partial charge in [0.1, 0.15) is 15.9 Å². The molecular weight excluding hydrogens is 328 g/mol. The van der Waals surface area contributed by atoms with Crippen molar-refractivity contribution in [3.8, 4) is 0 Å². The van der Waals surface area contributed by atoms with E-state index in [-0.39, 0.29) is 12.2 Å². The Morgan fingerprint density at radius 3 is 2.59 bits per heavy atom. The number of aromatic nitrogens is 1. The third kappa shape index (κ3) is 6.90. The minimum atomic E-state index is -3.29. The molecular formula is C13H18N2O5S2. The fraction of sp³-hybridized carbons (Fsp3) is 0.462. The zero-order valence-electron chi connectivity index (χ0n) is 12.2. The predicted octanol–water partition coefficient (Wildman–Crippen LogP) is 0.566. The molecule has 22 heavy (non-hydrogen) atoms. The SMILES string of the molecule is CC(Sc1ccccn1)C(=O)NC(CCS(C)(=O)=O)C(=O)O. The van der Waals surface area contributed by atoms with Gasteiger partial charge in [-0.1, -0.05) is 17.8 Å². The van der Waals surface area contributed by atoms with Crippen molar-refractivity contribution in [2.24, 2.45) is 0 Å². The molecule has 2 unspecified atom stereocenters. The van der Waals surface area contributed by atoms with Gasteiger partial charge in [0.15, 0.2) is 0 Å². The highest BCUT2D eigenvalue weighted by molar-refractivity contribution is 8.00. The van der Waals surface area contributed by atoms with E-state index >= 15 is 0 Å². The van der Waals surface area contributed by atoms with Crippen LogP contribution in [0.5, 0.6) is 0 Å². The van der Waals surface area contributed by atoms with E-state index in [1.807, 2.05) is 0 Å². The van der Waals surface area contributed by atoms with Crippen molar-refractivity contribution in [1.82, 2.24) is 10.3 Å². The average Bonchev–Trinajstić information content (AvgIpc) is 2.42. The Morgan fingerprint density at radius 1 is 1.41 bits per heavy atom. The standard InChI is InChI=1S/C13H18N2O5S2/c1-9(21-11-5-3-4-7-14-11)12(16)15-10(13(17)18)6-8-22(2,19)20/h3-5,7,9-10H,6,8H2,1-2H3,(H,15,16)(H,17,18). The predicted molar refractivity (Wildman–Crippen MR) is 83.5 cm³/mol. The van der Waals surface area contributed by atoms with E-state index in [2.05, 4.69) is 10.3 Å². The molecule has 0 fully saturated rings. The monoisotopic (exact) mass is 346 g/mol. The number of nitrogens with zero attached hydrogens (tertiary/aromatic N) is 1. The Balaban J connectivity index is 2.60. The molecule has 2 N–H and O–H groups in total. The first-order chi connectivity index (χ1) is 10.2. The second kappa shape index (κ2) is 8.14. The van der Waals surface area contributed by atoms with E-state index in [4.69, 9.17) is 5.11 Å². The van der Waals surface area contributed by atoms with Gasteiger partial charge in [-0.3, -0.25) is 4.79 Å². The number of rotatable bonds is 8. The van der Waals surface area contributed by atoms with Crippen LogP contribution in [0.15, 0.2) is 29.4 Å². The summed E-state index contributed by atoms with van der Waals surface area (Å²) in [6.07, 6.45) is 2.45. The maximum Gasteiger partial charge on any atom is 0.326 e. The van der Waals surface area contributed by atoms with Gasteiger partial charge in [0.05, 0.1) is 16.0 Å². The van der Waals surface area contributed by atoms with Gasteiger partial charge in [-0.15, -0.1) is 0 Å². The van der Waals surface area contributed by atoms with Crippen LogP contribution in [0.3, 0.4) is 0 Å².